The number of rotatable bonds is 5. The second-order valence-electron chi connectivity index (χ2n) is 7.78. The lowest BCUT2D eigenvalue weighted by Crippen LogP contribution is -2.22. The van der Waals surface area contributed by atoms with Gasteiger partial charge in [-0.15, -0.1) is 11.3 Å². The topological polar surface area (TPSA) is 60.5 Å². The zero-order chi connectivity index (χ0) is 22.1. The maximum Gasteiger partial charge on any atom is 0.251 e. The van der Waals surface area contributed by atoms with Crippen LogP contribution in [0.1, 0.15) is 27.0 Å². The van der Waals surface area contributed by atoms with Crippen molar-refractivity contribution in [1.29, 1.82) is 0 Å². The average molecular weight is 443 g/mol. The van der Waals surface area contributed by atoms with Crippen molar-refractivity contribution in [2.24, 2.45) is 0 Å². The van der Waals surface area contributed by atoms with Crippen LogP contribution < -0.4 is 14.8 Å². The molecule has 1 aromatic heterocycles. The number of carbonyl (C=O) groups is 1. The lowest BCUT2D eigenvalue weighted by Gasteiger charge is -2.08. The van der Waals surface area contributed by atoms with Crippen LogP contribution in [-0.2, 0) is 6.54 Å². The summed E-state index contributed by atoms with van der Waals surface area (Å²) in [6.45, 7) is 4.80. The van der Waals surface area contributed by atoms with Gasteiger partial charge in [0, 0.05) is 28.6 Å². The third kappa shape index (κ3) is 4.09. The average Bonchev–Trinajstić information content (AvgIpc) is 3.49. The highest BCUT2D eigenvalue weighted by Gasteiger charge is 2.15. The highest BCUT2D eigenvalue weighted by atomic mass is 32.1. The normalized spacial score (nSPS) is 12.1. The number of thiazole rings is 1. The summed E-state index contributed by atoms with van der Waals surface area (Å²) in [6, 6.07) is 19.8. The molecule has 32 heavy (non-hydrogen) atoms. The van der Waals surface area contributed by atoms with E-state index in [1.807, 2.05) is 79.9 Å². The third-order valence-corrected chi connectivity index (χ3v) is 6.49. The molecular formula is C26H22N2O3S. The van der Waals surface area contributed by atoms with Crippen molar-refractivity contribution in [3.63, 3.8) is 0 Å². The van der Waals surface area contributed by atoms with Gasteiger partial charge in [0.05, 0.1) is 5.69 Å². The van der Waals surface area contributed by atoms with Crippen LogP contribution in [-0.4, -0.2) is 17.7 Å². The Hall–Kier alpha value is -3.64. The van der Waals surface area contributed by atoms with Gasteiger partial charge in [-0.25, -0.2) is 4.98 Å². The fourth-order valence-electron chi connectivity index (χ4n) is 3.53. The van der Waals surface area contributed by atoms with Crippen molar-refractivity contribution in [3.8, 4) is 33.3 Å². The third-order valence-electron chi connectivity index (χ3n) is 5.60. The summed E-state index contributed by atoms with van der Waals surface area (Å²) in [5.74, 6) is 1.46. The summed E-state index contributed by atoms with van der Waals surface area (Å²) < 4.78 is 10.8. The van der Waals surface area contributed by atoms with Crippen LogP contribution in [0.25, 0.3) is 21.8 Å². The zero-order valence-corrected chi connectivity index (χ0v) is 18.7. The number of aromatic nitrogens is 1. The Morgan fingerprint density at radius 2 is 1.72 bits per heavy atom. The Labute approximate surface area is 190 Å². The van der Waals surface area contributed by atoms with Crippen molar-refractivity contribution >= 4 is 17.2 Å². The lowest BCUT2D eigenvalue weighted by molar-refractivity contribution is 0.0951. The first-order chi connectivity index (χ1) is 15.6. The molecule has 4 aromatic rings. The largest absolute Gasteiger partial charge is 0.454 e. The number of benzene rings is 3. The van der Waals surface area contributed by atoms with E-state index >= 15 is 0 Å². The van der Waals surface area contributed by atoms with Crippen molar-refractivity contribution in [2.75, 3.05) is 6.79 Å². The number of hydrogen-bond donors (Lipinski definition) is 1. The molecule has 1 N–H and O–H groups in total. The molecule has 6 heteroatoms. The second kappa shape index (κ2) is 8.48. The Balaban J connectivity index is 1.25. The van der Waals surface area contributed by atoms with Gasteiger partial charge in [-0.3, -0.25) is 4.79 Å². The number of nitrogens with one attached hydrogen (secondary N) is 1. The molecule has 0 unspecified atom stereocenters. The molecule has 5 nitrogen and oxygen atoms in total. The van der Waals surface area contributed by atoms with Crippen molar-refractivity contribution < 1.29 is 14.3 Å². The molecule has 1 aliphatic heterocycles. The van der Waals surface area contributed by atoms with Crippen LogP contribution in [0.4, 0.5) is 0 Å². The highest BCUT2D eigenvalue weighted by molar-refractivity contribution is 7.13. The fourth-order valence-corrected chi connectivity index (χ4v) is 4.36. The van der Waals surface area contributed by atoms with Gasteiger partial charge in [0.2, 0.25) is 6.79 Å². The second-order valence-corrected chi connectivity index (χ2v) is 8.64. The molecule has 3 aromatic carbocycles. The molecule has 0 saturated carbocycles. The molecular weight excluding hydrogens is 420 g/mol. The standard InChI is InChI=1S/C26H22N2O3S/c1-16-3-6-21(11-17(16)2)25(29)27-13-18-4-7-19(8-5-18)26-28-22(14-32-26)20-9-10-23-24(12-20)31-15-30-23/h3-12,14H,13,15H2,1-2H3,(H,27,29). The summed E-state index contributed by atoms with van der Waals surface area (Å²) in [5, 5.41) is 5.99. The maximum absolute atomic E-state index is 12.4. The summed E-state index contributed by atoms with van der Waals surface area (Å²) in [7, 11) is 0. The number of ether oxygens (including phenoxy) is 2. The van der Waals surface area contributed by atoms with Crippen LogP contribution in [0.5, 0.6) is 11.5 Å². The number of fused-ring (bicyclic) bond motifs is 1. The van der Waals surface area contributed by atoms with E-state index in [1.54, 1.807) is 11.3 Å². The molecule has 1 aliphatic rings. The number of hydrogen-bond acceptors (Lipinski definition) is 5. The predicted octanol–water partition coefficient (Wildman–Crippen LogP) is 5.75. The van der Waals surface area contributed by atoms with Gasteiger partial charge >= 0.3 is 0 Å². The van der Waals surface area contributed by atoms with Crippen LogP contribution in [0.2, 0.25) is 0 Å². The van der Waals surface area contributed by atoms with Gasteiger partial charge in [0.1, 0.15) is 5.01 Å². The lowest BCUT2D eigenvalue weighted by atomic mass is 10.1. The molecule has 0 fully saturated rings. The fraction of sp³-hybridized carbons (Fsp3) is 0.154. The summed E-state index contributed by atoms with van der Waals surface area (Å²) in [6.07, 6.45) is 0. The number of aryl methyl sites for hydroxylation is 2. The maximum atomic E-state index is 12.4. The smallest absolute Gasteiger partial charge is 0.251 e. The predicted molar refractivity (Wildman–Crippen MR) is 126 cm³/mol. The molecule has 1 amide bonds. The minimum atomic E-state index is -0.0644. The number of carbonyl (C=O) groups excluding carboxylic acids is 1. The first-order valence-corrected chi connectivity index (χ1v) is 11.2. The van der Waals surface area contributed by atoms with E-state index in [9.17, 15) is 4.79 Å². The van der Waals surface area contributed by atoms with Gasteiger partial charge in [0.25, 0.3) is 5.91 Å². The Bertz CT molecular complexity index is 1290. The van der Waals surface area contributed by atoms with Crippen molar-refractivity contribution in [3.05, 3.63) is 88.3 Å². The van der Waals surface area contributed by atoms with E-state index in [0.717, 1.165) is 44.5 Å². The van der Waals surface area contributed by atoms with Gasteiger partial charge in [0.15, 0.2) is 11.5 Å². The molecule has 0 saturated heterocycles. The van der Waals surface area contributed by atoms with Crippen LogP contribution in [0.3, 0.4) is 0 Å². The van der Waals surface area contributed by atoms with Gasteiger partial charge in [-0.05, 0) is 60.9 Å². The van der Waals surface area contributed by atoms with Crippen molar-refractivity contribution in [2.45, 2.75) is 20.4 Å². The van der Waals surface area contributed by atoms with Gasteiger partial charge < -0.3 is 14.8 Å². The summed E-state index contributed by atoms with van der Waals surface area (Å²) in [4.78, 5) is 17.2. The summed E-state index contributed by atoms with van der Waals surface area (Å²) in [5.41, 5.74) is 6.98. The Kier molecular flexibility index (Phi) is 5.37. The molecule has 0 atom stereocenters. The van der Waals surface area contributed by atoms with Gasteiger partial charge in [-0.1, -0.05) is 30.3 Å². The first kappa shape index (κ1) is 20.3. The van der Waals surface area contributed by atoms with E-state index in [0.29, 0.717) is 12.1 Å². The molecule has 5 rings (SSSR count). The Morgan fingerprint density at radius 1 is 0.938 bits per heavy atom. The van der Waals surface area contributed by atoms with E-state index < -0.39 is 0 Å². The molecule has 160 valence electrons. The molecule has 0 spiro atoms. The van der Waals surface area contributed by atoms with Crippen LogP contribution >= 0.6 is 11.3 Å². The van der Waals surface area contributed by atoms with E-state index in [2.05, 4.69) is 5.32 Å². The molecule has 2 heterocycles. The minimum absolute atomic E-state index is 0.0644. The molecule has 0 bridgehead atoms. The monoisotopic (exact) mass is 442 g/mol. The molecule has 0 aliphatic carbocycles. The zero-order valence-electron chi connectivity index (χ0n) is 17.8. The Morgan fingerprint density at radius 3 is 2.53 bits per heavy atom. The highest BCUT2D eigenvalue weighted by Crippen LogP contribution is 2.37. The number of amides is 1. The molecule has 0 radical (unpaired) electrons. The van der Waals surface area contributed by atoms with E-state index in [-0.39, 0.29) is 12.7 Å². The number of nitrogens with zero attached hydrogens (tertiary/aromatic N) is 1. The van der Waals surface area contributed by atoms with Crippen LogP contribution in [0.15, 0.2) is 66.0 Å². The first-order valence-electron chi connectivity index (χ1n) is 10.4. The van der Waals surface area contributed by atoms with E-state index in [1.165, 1.54) is 5.56 Å². The summed E-state index contributed by atoms with van der Waals surface area (Å²) >= 11 is 1.60. The van der Waals surface area contributed by atoms with E-state index in [4.69, 9.17) is 14.5 Å². The quantitative estimate of drug-likeness (QED) is 0.427. The van der Waals surface area contributed by atoms with Crippen LogP contribution in [0, 0.1) is 13.8 Å². The van der Waals surface area contributed by atoms with Crippen molar-refractivity contribution in [1.82, 2.24) is 10.3 Å². The minimum Gasteiger partial charge on any atom is -0.454 e. The SMILES string of the molecule is Cc1ccc(C(=O)NCc2ccc(-c3nc(-c4ccc5c(c4)OCO5)cs3)cc2)cc1C. The van der Waals surface area contributed by atoms with Gasteiger partial charge in [-0.2, -0.15) is 0 Å².